The lowest BCUT2D eigenvalue weighted by atomic mass is 9.93. The van der Waals surface area contributed by atoms with Crippen LogP contribution in [-0.4, -0.2) is 38.5 Å². The number of nitrogens with two attached hydrogens (primary N) is 1. The molecule has 0 spiro atoms. The molecule has 1 aromatic carbocycles. The highest BCUT2D eigenvalue weighted by Crippen LogP contribution is 2.26. The normalized spacial score (nSPS) is 21.0. The van der Waals surface area contributed by atoms with Gasteiger partial charge in [0.1, 0.15) is 5.75 Å². The Morgan fingerprint density at radius 3 is 2.82 bits per heavy atom. The fraction of sp³-hybridized carbons (Fsp3) is 0.600. The van der Waals surface area contributed by atoms with Crippen molar-refractivity contribution in [2.24, 2.45) is 11.7 Å². The molecule has 0 aromatic heterocycles. The minimum Gasteiger partial charge on any atom is -0.494 e. The third kappa shape index (κ3) is 4.35. The number of hydrogen-bond acceptors (Lipinski definition) is 4. The molecule has 2 unspecified atom stereocenters. The molecule has 5 nitrogen and oxygen atoms in total. The number of halogens is 1. The van der Waals surface area contributed by atoms with Gasteiger partial charge in [-0.1, -0.05) is 6.07 Å². The van der Waals surface area contributed by atoms with Crippen LogP contribution in [-0.2, 0) is 10.0 Å². The molecule has 0 radical (unpaired) electrons. The molecule has 1 saturated heterocycles. The Labute approximate surface area is 139 Å². The average molecular weight is 349 g/mol. The van der Waals surface area contributed by atoms with E-state index >= 15 is 0 Å². The largest absolute Gasteiger partial charge is 0.494 e. The van der Waals surface area contributed by atoms with E-state index in [1.54, 1.807) is 28.6 Å². The maximum absolute atomic E-state index is 12.7. The lowest BCUT2D eigenvalue weighted by Gasteiger charge is -2.33. The lowest BCUT2D eigenvalue weighted by Crippen LogP contribution is -2.44. The maximum atomic E-state index is 12.7. The molecule has 7 heteroatoms. The monoisotopic (exact) mass is 348 g/mol. The van der Waals surface area contributed by atoms with Gasteiger partial charge in [0.05, 0.1) is 11.5 Å². The van der Waals surface area contributed by atoms with Crippen molar-refractivity contribution in [3.05, 3.63) is 24.3 Å². The van der Waals surface area contributed by atoms with Gasteiger partial charge in [0, 0.05) is 25.2 Å². The standard InChI is InChI=1S/C15H24N2O3S.ClH/c1-3-20-14-7-4-8-15(10-14)21(18,19)17-9-5-6-13(11-17)12(2)16;/h4,7-8,10,12-13H,3,5-6,9,11,16H2,1-2H3;1H. The van der Waals surface area contributed by atoms with Gasteiger partial charge in [-0.05, 0) is 44.7 Å². The lowest BCUT2D eigenvalue weighted by molar-refractivity contribution is 0.243. The molecule has 1 aliphatic rings. The summed E-state index contributed by atoms with van der Waals surface area (Å²) in [6, 6.07) is 6.70. The SMILES string of the molecule is CCOc1cccc(S(=O)(=O)N2CCCC(C(C)N)C2)c1.Cl. The number of hydrogen-bond donors (Lipinski definition) is 1. The smallest absolute Gasteiger partial charge is 0.243 e. The van der Waals surface area contributed by atoms with Gasteiger partial charge in [0.2, 0.25) is 10.0 Å². The zero-order valence-corrected chi connectivity index (χ0v) is 14.7. The summed E-state index contributed by atoms with van der Waals surface area (Å²) in [5.74, 6) is 0.808. The molecular formula is C15H25ClN2O3S. The van der Waals surface area contributed by atoms with Crippen molar-refractivity contribution >= 4 is 22.4 Å². The predicted octanol–water partition coefficient (Wildman–Crippen LogP) is 2.26. The van der Waals surface area contributed by atoms with Crippen LogP contribution in [0.25, 0.3) is 0 Å². The van der Waals surface area contributed by atoms with E-state index in [0.717, 1.165) is 12.8 Å². The number of sulfonamides is 1. The van der Waals surface area contributed by atoms with Crippen molar-refractivity contribution in [2.45, 2.75) is 37.6 Å². The molecule has 1 aliphatic heterocycles. The zero-order valence-electron chi connectivity index (χ0n) is 13.1. The van der Waals surface area contributed by atoms with Crippen LogP contribution in [0.5, 0.6) is 5.75 Å². The molecule has 0 bridgehead atoms. The highest BCUT2D eigenvalue weighted by atomic mass is 35.5. The van der Waals surface area contributed by atoms with Crippen molar-refractivity contribution < 1.29 is 13.2 Å². The molecule has 22 heavy (non-hydrogen) atoms. The van der Waals surface area contributed by atoms with Gasteiger partial charge in [-0.15, -0.1) is 12.4 Å². The topological polar surface area (TPSA) is 72.6 Å². The quantitative estimate of drug-likeness (QED) is 0.885. The molecule has 2 rings (SSSR count). The van der Waals surface area contributed by atoms with Gasteiger partial charge < -0.3 is 10.5 Å². The van der Waals surface area contributed by atoms with E-state index in [-0.39, 0.29) is 24.4 Å². The van der Waals surface area contributed by atoms with Crippen molar-refractivity contribution in [1.82, 2.24) is 4.31 Å². The number of nitrogens with zero attached hydrogens (tertiary/aromatic N) is 1. The van der Waals surface area contributed by atoms with E-state index in [0.29, 0.717) is 30.3 Å². The molecule has 1 aromatic rings. The van der Waals surface area contributed by atoms with Crippen LogP contribution in [0.3, 0.4) is 0 Å². The molecule has 1 heterocycles. The summed E-state index contributed by atoms with van der Waals surface area (Å²) in [7, 11) is -3.47. The van der Waals surface area contributed by atoms with Crippen LogP contribution in [0.4, 0.5) is 0 Å². The van der Waals surface area contributed by atoms with Crippen LogP contribution in [0.1, 0.15) is 26.7 Å². The molecule has 126 valence electrons. The second-order valence-electron chi connectivity index (χ2n) is 5.53. The Balaban J connectivity index is 0.00000242. The average Bonchev–Trinajstić information content (AvgIpc) is 2.48. The predicted molar refractivity (Wildman–Crippen MR) is 90.0 cm³/mol. The van der Waals surface area contributed by atoms with E-state index in [1.807, 2.05) is 13.8 Å². The summed E-state index contributed by atoms with van der Waals surface area (Å²) in [5.41, 5.74) is 5.93. The van der Waals surface area contributed by atoms with E-state index in [1.165, 1.54) is 0 Å². The van der Waals surface area contributed by atoms with Crippen molar-refractivity contribution in [1.29, 1.82) is 0 Å². The first-order valence-electron chi connectivity index (χ1n) is 7.43. The van der Waals surface area contributed by atoms with Crippen LogP contribution < -0.4 is 10.5 Å². The third-order valence-electron chi connectivity index (χ3n) is 3.92. The van der Waals surface area contributed by atoms with Crippen LogP contribution in [0.15, 0.2) is 29.2 Å². The Bertz CT molecular complexity index is 578. The fourth-order valence-corrected chi connectivity index (χ4v) is 4.23. The first kappa shape index (κ1) is 19.2. The van der Waals surface area contributed by atoms with Crippen LogP contribution >= 0.6 is 12.4 Å². The van der Waals surface area contributed by atoms with Gasteiger partial charge in [-0.3, -0.25) is 0 Å². The van der Waals surface area contributed by atoms with E-state index < -0.39 is 10.0 Å². The number of piperidine rings is 1. The van der Waals surface area contributed by atoms with Gasteiger partial charge >= 0.3 is 0 Å². The zero-order chi connectivity index (χ0) is 15.5. The summed E-state index contributed by atoms with van der Waals surface area (Å²) < 4.78 is 32.4. The van der Waals surface area contributed by atoms with Gasteiger partial charge in [0.15, 0.2) is 0 Å². The minimum absolute atomic E-state index is 0. The van der Waals surface area contributed by atoms with Crippen LogP contribution in [0.2, 0.25) is 0 Å². The fourth-order valence-electron chi connectivity index (χ4n) is 2.66. The molecule has 0 amide bonds. The Kier molecular flexibility index (Phi) is 7.12. The van der Waals surface area contributed by atoms with Crippen molar-refractivity contribution in [2.75, 3.05) is 19.7 Å². The molecule has 1 fully saturated rings. The molecule has 2 N–H and O–H groups in total. The van der Waals surface area contributed by atoms with Gasteiger partial charge in [0.25, 0.3) is 0 Å². The summed E-state index contributed by atoms with van der Waals surface area (Å²) in [6.07, 6.45) is 1.85. The van der Waals surface area contributed by atoms with E-state index in [9.17, 15) is 8.42 Å². The second-order valence-corrected chi connectivity index (χ2v) is 7.47. The molecular weight excluding hydrogens is 324 g/mol. The first-order chi connectivity index (χ1) is 9.95. The van der Waals surface area contributed by atoms with Crippen molar-refractivity contribution in [3.8, 4) is 5.75 Å². The summed E-state index contributed by atoms with van der Waals surface area (Å²) in [6.45, 7) is 5.39. The Hall–Kier alpha value is -0.820. The number of benzene rings is 1. The Morgan fingerprint density at radius 1 is 1.45 bits per heavy atom. The highest BCUT2D eigenvalue weighted by Gasteiger charge is 2.31. The molecule has 2 atom stereocenters. The minimum atomic E-state index is -3.47. The highest BCUT2D eigenvalue weighted by molar-refractivity contribution is 7.89. The summed E-state index contributed by atoms with van der Waals surface area (Å²) >= 11 is 0. The third-order valence-corrected chi connectivity index (χ3v) is 5.78. The molecule has 0 saturated carbocycles. The number of rotatable bonds is 5. The van der Waals surface area contributed by atoms with Gasteiger partial charge in [-0.2, -0.15) is 4.31 Å². The summed E-state index contributed by atoms with van der Waals surface area (Å²) in [4.78, 5) is 0.291. The van der Waals surface area contributed by atoms with E-state index in [2.05, 4.69) is 0 Å². The van der Waals surface area contributed by atoms with Crippen LogP contribution in [0, 0.1) is 5.92 Å². The van der Waals surface area contributed by atoms with Crippen molar-refractivity contribution in [3.63, 3.8) is 0 Å². The Morgan fingerprint density at radius 2 is 2.18 bits per heavy atom. The summed E-state index contributed by atoms with van der Waals surface area (Å²) in [5, 5.41) is 0. The van der Waals surface area contributed by atoms with E-state index in [4.69, 9.17) is 10.5 Å². The first-order valence-corrected chi connectivity index (χ1v) is 8.87. The van der Waals surface area contributed by atoms with Gasteiger partial charge in [-0.25, -0.2) is 8.42 Å². The maximum Gasteiger partial charge on any atom is 0.243 e. The molecule has 0 aliphatic carbocycles. The number of ether oxygens (including phenoxy) is 1. The second kappa shape index (κ2) is 8.15.